The Kier molecular flexibility index (Phi) is 7.48. The Balaban J connectivity index is 1.56. The fourth-order valence-corrected chi connectivity index (χ4v) is 5.06. The van der Waals surface area contributed by atoms with Crippen molar-refractivity contribution in [3.05, 3.63) is 71.9 Å². The number of fused-ring (bicyclic) bond motifs is 1. The van der Waals surface area contributed by atoms with Crippen LogP contribution in [0.3, 0.4) is 0 Å². The van der Waals surface area contributed by atoms with Gasteiger partial charge in [-0.15, -0.1) is 0 Å². The zero-order valence-electron chi connectivity index (χ0n) is 21.2. The number of aromatic nitrogens is 1. The molecule has 0 unspecified atom stereocenters. The number of ether oxygens (including phenoxy) is 1. The second-order valence-electron chi connectivity index (χ2n) is 10.7. The molecule has 1 saturated heterocycles. The molecule has 1 aromatic heterocycles. The number of hydrogen-bond donors (Lipinski definition) is 2. The standard InChI is InChI=1S/C29H37N3O3/c1-20(24-18-30-25-15-9-8-14-23(24)25)26(31-28(34)35-29(2,3)4)27(33)32-16-10-13-22(19-32)17-21-11-6-5-7-12-21/h5-9,11-12,14-15,18,20,22,26,30H,10,13,16-17,19H2,1-4H3,(H,31,34)/t20-,22-,26-/m1/s1. The number of piperidine rings is 1. The van der Waals surface area contributed by atoms with Crippen molar-refractivity contribution in [1.82, 2.24) is 15.2 Å². The summed E-state index contributed by atoms with van der Waals surface area (Å²) in [6.07, 6.45) is 4.39. The van der Waals surface area contributed by atoms with E-state index in [1.165, 1.54) is 5.56 Å². The van der Waals surface area contributed by atoms with Crippen molar-refractivity contribution in [1.29, 1.82) is 0 Å². The van der Waals surface area contributed by atoms with Gasteiger partial charge in [-0.1, -0.05) is 55.5 Å². The number of rotatable bonds is 6. The van der Waals surface area contributed by atoms with Crippen molar-refractivity contribution in [2.45, 2.75) is 64.5 Å². The van der Waals surface area contributed by atoms with Crippen LogP contribution >= 0.6 is 0 Å². The molecule has 4 rings (SSSR count). The van der Waals surface area contributed by atoms with E-state index >= 15 is 0 Å². The molecule has 2 amide bonds. The van der Waals surface area contributed by atoms with Gasteiger partial charge in [-0.2, -0.15) is 0 Å². The van der Waals surface area contributed by atoms with Crippen LogP contribution in [0.4, 0.5) is 4.79 Å². The topological polar surface area (TPSA) is 74.4 Å². The number of nitrogens with one attached hydrogen (secondary N) is 2. The fraction of sp³-hybridized carbons (Fsp3) is 0.448. The first-order valence-corrected chi connectivity index (χ1v) is 12.6. The number of hydrogen-bond acceptors (Lipinski definition) is 3. The van der Waals surface area contributed by atoms with Gasteiger partial charge in [0.2, 0.25) is 5.91 Å². The zero-order chi connectivity index (χ0) is 25.0. The van der Waals surface area contributed by atoms with Gasteiger partial charge in [-0.25, -0.2) is 4.79 Å². The lowest BCUT2D eigenvalue weighted by atomic mass is 9.88. The molecule has 3 atom stereocenters. The van der Waals surface area contributed by atoms with Crippen LogP contribution in [-0.2, 0) is 16.0 Å². The summed E-state index contributed by atoms with van der Waals surface area (Å²) in [5.41, 5.74) is 2.67. The summed E-state index contributed by atoms with van der Waals surface area (Å²) in [5, 5.41) is 3.98. The summed E-state index contributed by atoms with van der Waals surface area (Å²) in [5.74, 6) is 0.118. The number of aromatic amines is 1. The van der Waals surface area contributed by atoms with E-state index in [0.29, 0.717) is 19.0 Å². The minimum Gasteiger partial charge on any atom is -0.444 e. The van der Waals surface area contributed by atoms with Crippen LogP contribution in [0.25, 0.3) is 10.9 Å². The quantitative estimate of drug-likeness (QED) is 0.484. The van der Waals surface area contributed by atoms with E-state index in [9.17, 15) is 9.59 Å². The first kappa shape index (κ1) is 24.8. The summed E-state index contributed by atoms with van der Waals surface area (Å²) in [4.78, 5) is 31.9. The molecule has 2 N–H and O–H groups in total. The number of para-hydroxylation sites is 1. The molecule has 1 fully saturated rings. The fourth-order valence-electron chi connectivity index (χ4n) is 5.06. The van der Waals surface area contributed by atoms with Gasteiger partial charge in [0.05, 0.1) is 0 Å². The summed E-state index contributed by atoms with van der Waals surface area (Å²) in [6.45, 7) is 8.88. The molecule has 6 heteroatoms. The average molecular weight is 476 g/mol. The van der Waals surface area contributed by atoms with Crippen molar-refractivity contribution in [2.24, 2.45) is 5.92 Å². The number of nitrogens with zero attached hydrogens (tertiary/aromatic N) is 1. The van der Waals surface area contributed by atoms with Gasteiger partial charge < -0.3 is 19.9 Å². The van der Waals surface area contributed by atoms with Crippen LogP contribution in [-0.4, -0.2) is 46.6 Å². The Morgan fingerprint density at radius 3 is 2.57 bits per heavy atom. The summed E-state index contributed by atoms with van der Waals surface area (Å²) >= 11 is 0. The third-order valence-corrected chi connectivity index (χ3v) is 6.75. The Bertz CT molecular complexity index is 1150. The van der Waals surface area contributed by atoms with Gasteiger partial charge >= 0.3 is 6.09 Å². The molecule has 35 heavy (non-hydrogen) atoms. The maximum atomic E-state index is 13.9. The number of benzene rings is 2. The van der Waals surface area contributed by atoms with Crippen molar-refractivity contribution in [3.63, 3.8) is 0 Å². The monoisotopic (exact) mass is 475 g/mol. The normalized spacial score (nSPS) is 18.2. The zero-order valence-corrected chi connectivity index (χ0v) is 21.2. The van der Waals surface area contributed by atoms with E-state index in [1.807, 2.05) is 69.1 Å². The number of likely N-dealkylation sites (tertiary alicyclic amines) is 1. The molecule has 0 saturated carbocycles. The molecule has 3 aromatic rings. The van der Waals surface area contributed by atoms with Gasteiger partial charge in [0, 0.05) is 36.1 Å². The third-order valence-electron chi connectivity index (χ3n) is 6.75. The van der Waals surface area contributed by atoms with E-state index in [1.54, 1.807) is 0 Å². The highest BCUT2D eigenvalue weighted by Gasteiger charge is 2.36. The number of carbonyl (C=O) groups excluding carboxylic acids is 2. The highest BCUT2D eigenvalue weighted by atomic mass is 16.6. The van der Waals surface area contributed by atoms with E-state index in [4.69, 9.17) is 4.74 Å². The first-order valence-electron chi connectivity index (χ1n) is 12.6. The van der Waals surface area contributed by atoms with E-state index in [-0.39, 0.29) is 11.8 Å². The van der Waals surface area contributed by atoms with Crippen LogP contribution in [0.1, 0.15) is 57.6 Å². The summed E-state index contributed by atoms with van der Waals surface area (Å²) in [7, 11) is 0. The highest BCUT2D eigenvalue weighted by molar-refractivity contribution is 5.89. The maximum Gasteiger partial charge on any atom is 0.408 e. The predicted octanol–water partition coefficient (Wildman–Crippen LogP) is 5.65. The van der Waals surface area contributed by atoms with Crippen LogP contribution in [0.2, 0.25) is 0 Å². The van der Waals surface area contributed by atoms with Crippen LogP contribution in [0.15, 0.2) is 60.8 Å². The first-order chi connectivity index (χ1) is 16.7. The molecule has 6 nitrogen and oxygen atoms in total. The summed E-state index contributed by atoms with van der Waals surface area (Å²) < 4.78 is 5.53. The minimum atomic E-state index is -0.723. The van der Waals surface area contributed by atoms with Gasteiger partial charge in [0.15, 0.2) is 0 Å². The number of H-pyrrole nitrogens is 1. The molecular formula is C29H37N3O3. The molecule has 0 radical (unpaired) electrons. The average Bonchev–Trinajstić information content (AvgIpc) is 3.26. The Morgan fingerprint density at radius 1 is 1.11 bits per heavy atom. The SMILES string of the molecule is C[C@H](c1c[nH]c2ccccc12)[C@@H](NC(=O)OC(C)(C)C)C(=O)N1CCC[C@H](Cc2ccccc2)C1. The molecular weight excluding hydrogens is 438 g/mol. The lowest BCUT2D eigenvalue weighted by molar-refractivity contribution is -0.135. The lowest BCUT2D eigenvalue weighted by Crippen LogP contribution is -2.54. The van der Waals surface area contributed by atoms with Crippen LogP contribution < -0.4 is 5.32 Å². The third kappa shape index (κ3) is 6.24. The smallest absolute Gasteiger partial charge is 0.408 e. The molecule has 0 spiro atoms. The van der Waals surface area contributed by atoms with E-state index in [0.717, 1.165) is 35.7 Å². The van der Waals surface area contributed by atoms with Crippen molar-refractivity contribution < 1.29 is 14.3 Å². The van der Waals surface area contributed by atoms with E-state index < -0.39 is 17.7 Å². The second kappa shape index (κ2) is 10.5. The summed E-state index contributed by atoms with van der Waals surface area (Å²) in [6, 6.07) is 17.7. The minimum absolute atomic E-state index is 0.0496. The van der Waals surface area contributed by atoms with Crippen LogP contribution in [0.5, 0.6) is 0 Å². The Morgan fingerprint density at radius 2 is 1.83 bits per heavy atom. The highest BCUT2D eigenvalue weighted by Crippen LogP contribution is 2.30. The van der Waals surface area contributed by atoms with Gasteiger partial charge in [0.25, 0.3) is 0 Å². The number of alkyl carbamates (subject to hydrolysis) is 1. The molecule has 0 bridgehead atoms. The maximum absolute atomic E-state index is 13.9. The molecule has 1 aliphatic rings. The lowest BCUT2D eigenvalue weighted by Gasteiger charge is -2.37. The molecule has 186 valence electrons. The van der Waals surface area contributed by atoms with E-state index in [2.05, 4.69) is 34.6 Å². The van der Waals surface area contributed by atoms with Gasteiger partial charge in [0.1, 0.15) is 11.6 Å². The van der Waals surface area contributed by atoms with Crippen molar-refractivity contribution in [2.75, 3.05) is 13.1 Å². The largest absolute Gasteiger partial charge is 0.444 e. The van der Waals surface area contributed by atoms with Crippen LogP contribution in [0, 0.1) is 5.92 Å². The predicted molar refractivity (Wildman–Crippen MR) is 139 cm³/mol. The second-order valence-corrected chi connectivity index (χ2v) is 10.7. The van der Waals surface area contributed by atoms with Gasteiger partial charge in [-0.3, -0.25) is 4.79 Å². The Hall–Kier alpha value is -3.28. The Labute approximate surface area is 208 Å². The molecule has 0 aliphatic carbocycles. The van der Waals surface area contributed by atoms with Gasteiger partial charge in [-0.05, 0) is 63.1 Å². The van der Waals surface area contributed by atoms with Crippen molar-refractivity contribution >= 4 is 22.9 Å². The van der Waals surface area contributed by atoms with Crippen molar-refractivity contribution in [3.8, 4) is 0 Å². The number of amides is 2. The molecule has 1 aliphatic heterocycles. The molecule has 2 heterocycles. The number of carbonyl (C=O) groups is 2. The molecule has 2 aromatic carbocycles.